The lowest BCUT2D eigenvalue weighted by molar-refractivity contribution is 0.660. The van der Waals surface area contributed by atoms with Gasteiger partial charge in [0, 0.05) is 5.41 Å². The fourth-order valence-corrected chi connectivity index (χ4v) is 4.72. The van der Waals surface area contributed by atoms with E-state index in [1.807, 2.05) is 0 Å². The minimum atomic E-state index is 0.0349. The van der Waals surface area contributed by atoms with Crippen molar-refractivity contribution < 1.29 is 0 Å². The molecule has 0 saturated heterocycles. The van der Waals surface area contributed by atoms with Gasteiger partial charge in [-0.2, -0.15) is 0 Å². The molecule has 0 N–H and O–H groups in total. The highest BCUT2D eigenvalue weighted by molar-refractivity contribution is 5.99. The highest BCUT2D eigenvalue weighted by atomic mass is 14.4. The lowest BCUT2D eigenvalue weighted by atomic mass is 9.81. The molecule has 0 nitrogen and oxygen atoms in total. The van der Waals surface area contributed by atoms with Crippen molar-refractivity contribution in [2.75, 3.05) is 0 Å². The summed E-state index contributed by atoms with van der Waals surface area (Å²) in [5.41, 5.74) is 11.0. The Hall–Kier alpha value is -2.86. The number of aryl methyl sites for hydroxylation is 2. The molecule has 0 saturated carbocycles. The van der Waals surface area contributed by atoms with Gasteiger partial charge in [0.1, 0.15) is 0 Å². The minimum Gasteiger partial charge on any atom is -0.0616 e. The summed E-state index contributed by atoms with van der Waals surface area (Å²) in [5, 5.41) is 2.68. The molecule has 0 aromatic heterocycles. The van der Waals surface area contributed by atoms with Gasteiger partial charge in [-0.05, 0) is 69.6 Å². The van der Waals surface area contributed by atoms with E-state index >= 15 is 0 Å². The van der Waals surface area contributed by atoms with Crippen molar-refractivity contribution in [1.29, 1.82) is 0 Å². The van der Waals surface area contributed by atoms with E-state index in [-0.39, 0.29) is 5.41 Å². The van der Waals surface area contributed by atoms with Crippen molar-refractivity contribution in [3.63, 3.8) is 0 Å². The van der Waals surface area contributed by atoms with Crippen molar-refractivity contribution in [2.24, 2.45) is 0 Å². The average Bonchev–Trinajstić information content (AvgIpc) is 2.89. The van der Waals surface area contributed by atoms with Gasteiger partial charge in [-0.3, -0.25) is 0 Å². The van der Waals surface area contributed by atoms with Crippen LogP contribution in [0.15, 0.2) is 72.8 Å². The van der Waals surface area contributed by atoms with Crippen LogP contribution in [0.4, 0.5) is 0 Å². The van der Waals surface area contributed by atoms with Gasteiger partial charge in [0.05, 0.1) is 0 Å². The van der Waals surface area contributed by atoms with Gasteiger partial charge in [0.25, 0.3) is 0 Å². The SMILES string of the molecule is Cc1ccc2c(c1)C(C)(C)c1cc(-c3ccc(C)c4ccccc34)ccc1-2. The fraction of sp³-hybridized carbons (Fsp3) is 0.185. The van der Waals surface area contributed by atoms with Crippen molar-refractivity contribution in [1.82, 2.24) is 0 Å². The second-order valence-corrected chi connectivity index (χ2v) is 8.41. The van der Waals surface area contributed by atoms with Gasteiger partial charge in [-0.15, -0.1) is 0 Å². The summed E-state index contributed by atoms with van der Waals surface area (Å²) in [6.07, 6.45) is 0. The summed E-state index contributed by atoms with van der Waals surface area (Å²) >= 11 is 0. The Morgan fingerprint density at radius 3 is 2.00 bits per heavy atom. The van der Waals surface area contributed by atoms with Crippen LogP contribution in [0.3, 0.4) is 0 Å². The number of hydrogen-bond acceptors (Lipinski definition) is 0. The maximum absolute atomic E-state index is 2.42. The highest BCUT2D eigenvalue weighted by Crippen LogP contribution is 2.50. The van der Waals surface area contributed by atoms with Crippen LogP contribution < -0.4 is 0 Å². The van der Waals surface area contributed by atoms with E-state index in [9.17, 15) is 0 Å². The van der Waals surface area contributed by atoms with Crippen LogP contribution in [0.25, 0.3) is 33.0 Å². The highest BCUT2D eigenvalue weighted by Gasteiger charge is 2.35. The normalized spacial score (nSPS) is 14.2. The molecular formula is C27H24. The van der Waals surface area contributed by atoms with E-state index in [1.54, 1.807) is 0 Å². The maximum Gasteiger partial charge on any atom is 0.0159 e. The van der Waals surface area contributed by atoms with E-state index in [2.05, 4.69) is 100 Å². The first-order valence-corrected chi connectivity index (χ1v) is 9.71. The fourth-order valence-electron chi connectivity index (χ4n) is 4.72. The summed E-state index contributed by atoms with van der Waals surface area (Å²) < 4.78 is 0. The predicted octanol–water partition coefficient (Wildman–Crippen LogP) is 7.43. The lowest BCUT2D eigenvalue weighted by Gasteiger charge is -2.22. The Kier molecular flexibility index (Phi) is 3.37. The smallest absolute Gasteiger partial charge is 0.0159 e. The topological polar surface area (TPSA) is 0 Å². The lowest BCUT2D eigenvalue weighted by Crippen LogP contribution is -2.15. The van der Waals surface area contributed by atoms with Crippen LogP contribution in [0.5, 0.6) is 0 Å². The van der Waals surface area contributed by atoms with Crippen molar-refractivity contribution in [3.05, 3.63) is 95.1 Å². The van der Waals surface area contributed by atoms with Crippen LogP contribution in [-0.2, 0) is 5.41 Å². The monoisotopic (exact) mass is 348 g/mol. The van der Waals surface area contributed by atoms with Gasteiger partial charge in [0.15, 0.2) is 0 Å². The number of hydrogen-bond donors (Lipinski definition) is 0. The molecule has 0 aliphatic heterocycles. The molecule has 132 valence electrons. The maximum atomic E-state index is 2.42. The van der Waals surface area contributed by atoms with E-state index in [1.165, 1.54) is 55.3 Å². The molecule has 5 rings (SSSR count). The second-order valence-electron chi connectivity index (χ2n) is 8.41. The summed E-state index contributed by atoms with van der Waals surface area (Å²) in [7, 11) is 0. The Labute approximate surface area is 161 Å². The summed E-state index contributed by atoms with van der Waals surface area (Å²) in [5.74, 6) is 0. The number of benzene rings is 4. The third-order valence-corrected chi connectivity index (χ3v) is 6.28. The van der Waals surface area contributed by atoms with E-state index < -0.39 is 0 Å². The van der Waals surface area contributed by atoms with Gasteiger partial charge in [0.2, 0.25) is 0 Å². The zero-order valence-electron chi connectivity index (χ0n) is 16.4. The molecule has 0 radical (unpaired) electrons. The van der Waals surface area contributed by atoms with E-state index in [4.69, 9.17) is 0 Å². The van der Waals surface area contributed by atoms with E-state index in [0.717, 1.165) is 0 Å². The summed E-state index contributed by atoms with van der Waals surface area (Å²) in [6, 6.07) is 27.2. The third-order valence-electron chi connectivity index (χ3n) is 6.28. The van der Waals surface area contributed by atoms with Crippen LogP contribution in [0, 0.1) is 13.8 Å². The molecule has 0 atom stereocenters. The number of fused-ring (bicyclic) bond motifs is 4. The Morgan fingerprint density at radius 1 is 0.593 bits per heavy atom. The standard InChI is InChI=1S/C27H24/c1-17-9-12-23-24-14-11-19(16-26(24)27(3,4)25(23)15-17)21-13-10-18(2)20-7-5-6-8-22(20)21/h5-16H,1-4H3. The molecule has 27 heavy (non-hydrogen) atoms. The molecule has 0 spiro atoms. The summed E-state index contributed by atoms with van der Waals surface area (Å²) in [4.78, 5) is 0. The van der Waals surface area contributed by atoms with Crippen molar-refractivity contribution in [2.45, 2.75) is 33.1 Å². The Balaban J connectivity index is 1.75. The number of rotatable bonds is 1. The van der Waals surface area contributed by atoms with Gasteiger partial charge in [-0.25, -0.2) is 0 Å². The van der Waals surface area contributed by atoms with E-state index in [0.29, 0.717) is 0 Å². The first-order chi connectivity index (χ1) is 13.0. The second kappa shape index (κ2) is 5.57. The molecule has 0 heterocycles. The molecule has 4 aromatic carbocycles. The van der Waals surface area contributed by atoms with Gasteiger partial charge in [-0.1, -0.05) is 86.1 Å². The first-order valence-electron chi connectivity index (χ1n) is 9.71. The zero-order valence-corrected chi connectivity index (χ0v) is 16.4. The summed E-state index contributed by atoms with van der Waals surface area (Å²) in [6.45, 7) is 9.09. The Bertz CT molecular complexity index is 1210. The minimum absolute atomic E-state index is 0.0349. The van der Waals surface area contributed by atoms with Crippen LogP contribution >= 0.6 is 0 Å². The molecule has 0 amide bonds. The molecular weight excluding hydrogens is 324 g/mol. The first kappa shape index (κ1) is 16.3. The molecule has 0 unspecified atom stereocenters. The zero-order chi connectivity index (χ0) is 18.8. The van der Waals surface area contributed by atoms with Crippen LogP contribution in [0.1, 0.15) is 36.1 Å². The third kappa shape index (κ3) is 2.29. The Morgan fingerprint density at radius 2 is 1.22 bits per heavy atom. The molecule has 0 heteroatoms. The molecule has 1 aliphatic rings. The molecule has 0 bridgehead atoms. The van der Waals surface area contributed by atoms with Gasteiger partial charge < -0.3 is 0 Å². The molecule has 4 aromatic rings. The largest absolute Gasteiger partial charge is 0.0616 e. The van der Waals surface area contributed by atoms with Gasteiger partial charge >= 0.3 is 0 Å². The predicted molar refractivity (Wildman–Crippen MR) is 116 cm³/mol. The molecule has 1 aliphatic carbocycles. The van der Waals surface area contributed by atoms with Crippen LogP contribution in [0.2, 0.25) is 0 Å². The van der Waals surface area contributed by atoms with Crippen molar-refractivity contribution >= 4 is 10.8 Å². The average molecular weight is 348 g/mol. The molecule has 0 fully saturated rings. The quantitative estimate of drug-likeness (QED) is 0.335. The van der Waals surface area contributed by atoms with Crippen molar-refractivity contribution in [3.8, 4) is 22.3 Å². The van der Waals surface area contributed by atoms with Crippen LogP contribution in [-0.4, -0.2) is 0 Å².